The molecule has 2 aliphatic rings. The summed E-state index contributed by atoms with van der Waals surface area (Å²) >= 11 is 6.06. The van der Waals surface area contributed by atoms with Crippen LogP contribution in [0.15, 0.2) is 12.1 Å². The molecule has 0 radical (unpaired) electrons. The van der Waals surface area contributed by atoms with E-state index in [2.05, 4.69) is 17.0 Å². The molecule has 0 atom stereocenters. The van der Waals surface area contributed by atoms with Crippen molar-refractivity contribution in [3.05, 3.63) is 28.3 Å². The van der Waals surface area contributed by atoms with Crippen molar-refractivity contribution in [3.63, 3.8) is 0 Å². The lowest BCUT2D eigenvalue weighted by Gasteiger charge is -2.27. The maximum Gasteiger partial charge on any atom is 0.0433 e. The van der Waals surface area contributed by atoms with Crippen LogP contribution in [0.25, 0.3) is 0 Å². The quantitative estimate of drug-likeness (QED) is 0.613. The van der Waals surface area contributed by atoms with Crippen LogP contribution in [0.4, 0.5) is 5.69 Å². The van der Waals surface area contributed by atoms with Gasteiger partial charge < -0.3 is 4.90 Å². The van der Waals surface area contributed by atoms with E-state index in [1.165, 1.54) is 49.2 Å². The summed E-state index contributed by atoms with van der Waals surface area (Å²) in [5, 5.41) is 0.914. The Balaban J connectivity index is 2.23. The minimum absolute atomic E-state index is 0.914. The third kappa shape index (κ3) is 1.07. The van der Waals surface area contributed by atoms with Crippen LogP contribution in [0.2, 0.25) is 5.02 Å². The van der Waals surface area contributed by atoms with Gasteiger partial charge in [0.25, 0.3) is 0 Å². The van der Waals surface area contributed by atoms with E-state index in [1.54, 1.807) is 0 Å². The van der Waals surface area contributed by atoms with Gasteiger partial charge in [0.05, 0.1) is 0 Å². The highest BCUT2D eigenvalue weighted by Crippen LogP contribution is 2.37. The minimum atomic E-state index is 0.914. The lowest BCUT2D eigenvalue weighted by molar-refractivity contribution is 0.719. The van der Waals surface area contributed by atoms with Crippen LogP contribution in [-0.2, 0) is 12.8 Å². The third-order valence-corrected chi connectivity index (χ3v) is 3.29. The molecule has 0 saturated carbocycles. The molecule has 1 aromatic carbocycles. The van der Waals surface area contributed by atoms with Crippen LogP contribution in [0, 0.1) is 0 Å². The molecule has 0 fully saturated rings. The molecule has 0 bridgehead atoms. The Morgan fingerprint density at radius 2 is 1.85 bits per heavy atom. The van der Waals surface area contributed by atoms with Gasteiger partial charge in [0, 0.05) is 23.8 Å². The number of hydrogen-bond acceptors (Lipinski definition) is 1. The number of halogens is 1. The van der Waals surface area contributed by atoms with Gasteiger partial charge in [0.15, 0.2) is 0 Å². The van der Waals surface area contributed by atoms with E-state index in [9.17, 15) is 0 Å². The van der Waals surface area contributed by atoms with E-state index >= 15 is 0 Å². The number of aryl methyl sites for hydroxylation is 1. The molecule has 0 aliphatic carbocycles. The summed E-state index contributed by atoms with van der Waals surface area (Å²) in [5.41, 5.74) is 4.42. The molecular formula is C11H12ClN. The molecule has 68 valence electrons. The zero-order valence-corrected chi connectivity index (χ0v) is 8.27. The zero-order valence-electron chi connectivity index (χ0n) is 7.52. The number of nitrogens with zero attached hydrogens (tertiary/aromatic N) is 1. The van der Waals surface area contributed by atoms with E-state index in [0.29, 0.717) is 0 Å². The van der Waals surface area contributed by atoms with Crippen LogP contribution < -0.4 is 4.90 Å². The van der Waals surface area contributed by atoms with Gasteiger partial charge in [-0.15, -0.1) is 0 Å². The molecule has 0 saturated heterocycles. The molecule has 1 aromatic rings. The first kappa shape index (κ1) is 7.69. The molecule has 0 N–H and O–H groups in total. The molecule has 0 aromatic heterocycles. The maximum absolute atomic E-state index is 6.06. The van der Waals surface area contributed by atoms with Gasteiger partial charge >= 0.3 is 0 Å². The molecular weight excluding hydrogens is 182 g/mol. The monoisotopic (exact) mass is 193 g/mol. The fourth-order valence-corrected chi connectivity index (χ4v) is 2.82. The molecule has 2 aliphatic heterocycles. The standard InChI is InChI=1S/C11H12ClN/c12-10-6-8-2-1-4-13-5-3-9(7-10)11(8)13/h6-7H,1-5H2. The van der Waals surface area contributed by atoms with Crippen LogP contribution in [0.1, 0.15) is 17.5 Å². The Hall–Kier alpha value is -0.690. The van der Waals surface area contributed by atoms with Crippen LogP contribution in [-0.4, -0.2) is 13.1 Å². The largest absolute Gasteiger partial charge is 0.371 e. The average molecular weight is 194 g/mol. The third-order valence-electron chi connectivity index (χ3n) is 3.07. The first-order chi connectivity index (χ1) is 6.34. The summed E-state index contributed by atoms with van der Waals surface area (Å²) < 4.78 is 0. The Labute approximate surface area is 83.3 Å². The Kier molecular flexibility index (Phi) is 1.57. The van der Waals surface area contributed by atoms with Gasteiger partial charge in [-0.2, -0.15) is 0 Å². The van der Waals surface area contributed by atoms with Gasteiger partial charge in [-0.25, -0.2) is 0 Å². The summed E-state index contributed by atoms with van der Waals surface area (Å²) in [4.78, 5) is 2.50. The minimum Gasteiger partial charge on any atom is -0.371 e. The maximum atomic E-state index is 6.06. The fourth-order valence-electron chi connectivity index (χ4n) is 2.56. The molecule has 2 heteroatoms. The molecule has 2 heterocycles. The van der Waals surface area contributed by atoms with Crippen molar-refractivity contribution >= 4 is 17.3 Å². The summed E-state index contributed by atoms with van der Waals surface area (Å²) in [7, 11) is 0. The van der Waals surface area contributed by atoms with Crippen molar-refractivity contribution in [1.29, 1.82) is 0 Å². The lowest BCUT2D eigenvalue weighted by atomic mass is 10.0. The predicted octanol–water partition coefficient (Wildman–Crippen LogP) is 2.65. The summed E-state index contributed by atoms with van der Waals surface area (Å²) in [6.07, 6.45) is 3.68. The topological polar surface area (TPSA) is 3.24 Å². The molecule has 13 heavy (non-hydrogen) atoms. The van der Waals surface area contributed by atoms with E-state index in [1.807, 2.05) is 0 Å². The Morgan fingerprint density at radius 3 is 2.69 bits per heavy atom. The van der Waals surface area contributed by atoms with E-state index in [4.69, 9.17) is 11.6 Å². The summed E-state index contributed by atoms with van der Waals surface area (Å²) in [6.45, 7) is 2.43. The van der Waals surface area contributed by atoms with Crippen LogP contribution in [0.3, 0.4) is 0 Å². The first-order valence-electron chi connectivity index (χ1n) is 4.91. The molecule has 0 spiro atoms. The second kappa shape index (κ2) is 2.65. The Bertz CT molecular complexity index is 359. The lowest BCUT2D eigenvalue weighted by Crippen LogP contribution is -2.26. The van der Waals surface area contributed by atoms with Gasteiger partial charge in [-0.1, -0.05) is 11.6 Å². The summed E-state index contributed by atoms with van der Waals surface area (Å²) in [6, 6.07) is 4.27. The van der Waals surface area contributed by atoms with Crippen molar-refractivity contribution in [2.24, 2.45) is 0 Å². The first-order valence-corrected chi connectivity index (χ1v) is 5.28. The SMILES string of the molecule is Clc1cc2c3c(c1)CCN3CCC2. The van der Waals surface area contributed by atoms with Crippen molar-refractivity contribution in [3.8, 4) is 0 Å². The van der Waals surface area contributed by atoms with E-state index in [0.717, 1.165) is 5.02 Å². The normalized spacial score (nSPS) is 19.0. The second-order valence-corrected chi connectivity index (χ2v) is 4.35. The second-order valence-electron chi connectivity index (χ2n) is 3.91. The van der Waals surface area contributed by atoms with Gasteiger partial charge in [-0.3, -0.25) is 0 Å². The van der Waals surface area contributed by atoms with Crippen molar-refractivity contribution < 1.29 is 0 Å². The number of rotatable bonds is 0. The van der Waals surface area contributed by atoms with Crippen LogP contribution >= 0.6 is 11.6 Å². The predicted molar refractivity (Wildman–Crippen MR) is 55.7 cm³/mol. The number of hydrogen-bond donors (Lipinski definition) is 0. The van der Waals surface area contributed by atoms with Gasteiger partial charge in [0.2, 0.25) is 0 Å². The number of benzene rings is 1. The average Bonchev–Trinajstić information content (AvgIpc) is 2.50. The number of anilines is 1. The smallest absolute Gasteiger partial charge is 0.0433 e. The van der Waals surface area contributed by atoms with Gasteiger partial charge in [-0.05, 0) is 42.5 Å². The van der Waals surface area contributed by atoms with Gasteiger partial charge in [0.1, 0.15) is 0 Å². The van der Waals surface area contributed by atoms with Crippen molar-refractivity contribution in [2.75, 3.05) is 18.0 Å². The van der Waals surface area contributed by atoms with Crippen molar-refractivity contribution in [1.82, 2.24) is 0 Å². The van der Waals surface area contributed by atoms with E-state index in [-0.39, 0.29) is 0 Å². The Morgan fingerprint density at radius 1 is 1.08 bits per heavy atom. The molecule has 0 unspecified atom stereocenters. The summed E-state index contributed by atoms with van der Waals surface area (Å²) in [5.74, 6) is 0. The molecule has 3 rings (SSSR count). The highest BCUT2D eigenvalue weighted by atomic mass is 35.5. The van der Waals surface area contributed by atoms with E-state index < -0.39 is 0 Å². The molecule has 0 amide bonds. The molecule has 1 nitrogen and oxygen atoms in total. The highest BCUT2D eigenvalue weighted by molar-refractivity contribution is 6.30. The fraction of sp³-hybridized carbons (Fsp3) is 0.455. The highest BCUT2D eigenvalue weighted by Gasteiger charge is 2.25. The van der Waals surface area contributed by atoms with Crippen molar-refractivity contribution in [2.45, 2.75) is 19.3 Å². The van der Waals surface area contributed by atoms with Crippen LogP contribution in [0.5, 0.6) is 0 Å². The zero-order chi connectivity index (χ0) is 8.84.